The number of anilines is 1. The zero-order valence-corrected chi connectivity index (χ0v) is 10.6. The number of ether oxygens (including phenoxy) is 1. The van der Waals surface area contributed by atoms with E-state index in [0.717, 1.165) is 5.56 Å². The highest BCUT2D eigenvalue weighted by Crippen LogP contribution is 2.29. The highest BCUT2D eigenvalue weighted by Gasteiger charge is 2.27. The molecule has 0 saturated heterocycles. The van der Waals surface area contributed by atoms with Crippen molar-refractivity contribution in [2.75, 3.05) is 11.9 Å². The number of carbonyl (C=O) groups is 1. The van der Waals surface area contributed by atoms with Crippen LogP contribution in [0.15, 0.2) is 30.6 Å². The lowest BCUT2D eigenvalue weighted by Gasteiger charge is -2.23. The quantitative estimate of drug-likeness (QED) is 0.850. The molecular formula is C14H12N4O2. The zero-order valence-electron chi connectivity index (χ0n) is 10.6. The maximum Gasteiger partial charge on any atom is 0.229 e. The van der Waals surface area contributed by atoms with Crippen molar-refractivity contribution in [2.24, 2.45) is 0 Å². The van der Waals surface area contributed by atoms with Crippen molar-refractivity contribution in [3.8, 4) is 18.1 Å². The first-order chi connectivity index (χ1) is 9.78. The monoisotopic (exact) mass is 268 g/mol. The first kappa shape index (κ1) is 12.2. The number of hydrogen-bond acceptors (Lipinski definition) is 4. The minimum absolute atomic E-state index is 0.0665. The second kappa shape index (κ2) is 5.05. The molecule has 2 aromatic rings. The van der Waals surface area contributed by atoms with Crippen LogP contribution in [0.25, 0.3) is 0 Å². The Kier molecular flexibility index (Phi) is 3.09. The van der Waals surface area contributed by atoms with Gasteiger partial charge < -0.3 is 4.74 Å². The van der Waals surface area contributed by atoms with Crippen LogP contribution in [-0.4, -0.2) is 27.3 Å². The summed E-state index contributed by atoms with van der Waals surface area (Å²) in [6, 6.07) is 7.31. The molecular weight excluding hydrogens is 256 g/mol. The van der Waals surface area contributed by atoms with Crippen molar-refractivity contribution >= 4 is 11.9 Å². The Morgan fingerprint density at radius 1 is 1.45 bits per heavy atom. The number of aromatic nitrogens is 3. The molecule has 1 aliphatic rings. The van der Waals surface area contributed by atoms with E-state index < -0.39 is 0 Å². The average Bonchev–Trinajstić information content (AvgIpc) is 2.93. The molecule has 1 N–H and O–H groups in total. The zero-order chi connectivity index (χ0) is 13.9. The molecule has 3 rings (SSSR count). The number of carbonyl (C=O) groups excluding carboxylic acids is 1. The molecule has 1 amide bonds. The molecule has 0 fully saturated rings. The lowest BCUT2D eigenvalue weighted by atomic mass is 10.0. The van der Waals surface area contributed by atoms with Gasteiger partial charge in [-0.1, -0.05) is 18.1 Å². The summed E-state index contributed by atoms with van der Waals surface area (Å²) in [7, 11) is 0. The summed E-state index contributed by atoms with van der Waals surface area (Å²) in [5, 5.41) is 6.84. The number of rotatable bonds is 3. The first-order valence-corrected chi connectivity index (χ1v) is 6.13. The lowest BCUT2D eigenvalue weighted by molar-refractivity contribution is -0.117. The topological polar surface area (TPSA) is 69.0 Å². The van der Waals surface area contributed by atoms with E-state index in [1.807, 2.05) is 24.3 Å². The summed E-state index contributed by atoms with van der Waals surface area (Å²) in [6.45, 7) is 0.235. The van der Waals surface area contributed by atoms with E-state index in [1.165, 1.54) is 6.33 Å². The molecule has 6 heteroatoms. The predicted octanol–water partition coefficient (Wildman–Crippen LogP) is 1.22. The molecule has 1 atom stereocenters. The number of fused-ring (bicyclic) bond motifs is 1. The van der Waals surface area contributed by atoms with Gasteiger partial charge in [0.1, 0.15) is 18.7 Å². The van der Waals surface area contributed by atoms with Gasteiger partial charge in [-0.05, 0) is 17.7 Å². The summed E-state index contributed by atoms with van der Waals surface area (Å²) >= 11 is 0. The molecule has 100 valence electrons. The Bertz CT molecular complexity index is 669. The molecule has 20 heavy (non-hydrogen) atoms. The summed E-state index contributed by atoms with van der Waals surface area (Å²) in [5.74, 6) is 3.52. The third-order valence-corrected chi connectivity index (χ3v) is 3.09. The van der Waals surface area contributed by atoms with Gasteiger partial charge in [0.15, 0.2) is 0 Å². The highest BCUT2D eigenvalue weighted by molar-refractivity contribution is 5.91. The Morgan fingerprint density at radius 3 is 3.00 bits per heavy atom. The maximum atomic E-state index is 11.7. The van der Waals surface area contributed by atoms with Crippen LogP contribution in [0, 0.1) is 12.3 Å². The van der Waals surface area contributed by atoms with Crippen LogP contribution >= 0.6 is 0 Å². The number of nitrogens with zero attached hydrogens (tertiary/aromatic N) is 3. The van der Waals surface area contributed by atoms with Gasteiger partial charge in [0.05, 0.1) is 12.5 Å². The van der Waals surface area contributed by atoms with E-state index >= 15 is 0 Å². The second-order valence-electron chi connectivity index (χ2n) is 4.36. The summed E-state index contributed by atoms with van der Waals surface area (Å²) in [5.41, 5.74) is 0.972. The van der Waals surface area contributed by atoms with Crippen molar-refractivity contribution in [3.63, 3.8) is 0 Å². The minimum atomic E-state index is -0.150. The molecule has 1 aromatic heterocycles. The maximum absolute atomic E-state index is 11.7. The fourth-order valence-electron chi connectivity index (χ4n) is 2.18. The van der Waals surface area contributed by atoms with Crippen molar-refractivity contribution < 1.29 is 9.53 Å². The predicted molar refractivity (Wildman–Crippen MR) is 72.2 cm³/mol. The largest absolute Gasteiger partial charge is 0.481 e. The first-order valence-electron chi connectivity index (χ1n) is 6.13. The molecule has 0 bridgehead atoms. The summed E-state index contributed by atoms with van der Waals surface area (Å²) in [4.78, 5) is 15.7. The van der Waals surface area contributed by atoms with E-state index in [2.05, 4.69) is 21.3 Å². The third-order valence-electron chi connectivity index (χ3n) is 3.09. The van der Waals surface area contributed by atoms with E-state index in [4.69, 9.17) is 11.2 Å². The second-order valence-corrected chi connectivity index (χ2v) is 4.36. The molecule has 2 heterocycles. The van der Waals surface area contributed by atoms with Crippen molar-refractivity contribution in [1.29, 1.82) is 0 Å². The summed E-state index contributed by atoms with van der Waals surface area (Å²) in [6.07, 6.45) is 6.90. The number of terminal acetylenes is 1. The Balaban J connectivity index is 1.87. The van der Waals surface area contributed by atoms with Crippen LogP contribution in [0.4, 0.5) is 5.95 Å². The average molecular weight is 268 g/mol. The fourth-order valence-corrected chi connectivity index (χ4v) is 2.18. The minimum Gasteiger partial charge on any atom is -0.481 e. The van der Waals surface area contributed by atoms with Gasteiger partial charge in [-0.25, -0.2) is 4.68 Å². The Hall–Kier alpha value is -2.81. The van der Waals surface area contributed by atoms with Gasteiger partial charge in [0.25, 0.3) is 0 Å². The van der Waals surface area contributed by atoms with Crippen LogP contribution < -0.4 is 10.1 Å². The molecule has 0 radical (unpaired) electrons. The number of amides is 1. The van der Waals surface area contributed by atoms with Gasteiger partial charge in [-0.3, -0.25) is 10.1 Å². The number of nitrogens with one attached hydrogen (secondary N) is 1. The van der Waals surface area contributed by atoms with Gasteiger partial charge in [-0.15, -0.1) is 6.42 Å². The van der Waals surface area contributed by atoms with Crippen molar-refractivity contribution in [2.45, 2.75) is 12.5 Å². The molecule has 1 aliphatic heterocycles. The Morgan fingerprint density at radius 2 is 2.25 bits per heavy atom. The smallest absolute Gasteiger partial charge is 0.229 e. The third kappa shape index (κ3) is 2.21. The highest BCUT2D eigenvalue weighted by atomic mass is 16.5. The van der Waals surface area contributed by atoms with E-state index in [-0.39, 0.29) is 18.6 Å². The summed E-state index contributed by atoms with van der Waals surface area (Å²) < 4.78 is 7.03. The fraction of sp³-hybridized carbons (Fsp3) is 0.214. The van der Waals surface area contributed by atoms with Crippen LogP contribution in [0.1, 0.15) is 18.0 Å². The van der Waals surface area contributed by atoms with Gasteiger partial charge in [0.2, 0.25) is 11.9 Å². The van der Waals surface area contributed by atoms with E-state index in [9.17, 15) is 4.79 Å². The Labute approximate surface area is 115 Å². The van der Waals surface area contributed by atoms with Crippen molar-refractivity contribution in [1.82, 2.24) is 14.8 Å². The molecule has 0 spiro atoms. The van der Waals surface area contributed by atoms with E-state index in [0.29, 0.717) is 18.1 Å². The number of hydrogen-bond donors (Lipinski definition) is 1. The van der Waals surface area contributed by atoms with Crippen molar-refractivity contribution in [3.05, 3.63) is 36.2 Å². The molecule has 0 unspecified atom stereocenters. The van der Waals surface area contributed by atoms with Gasteiger partial charge >= 0.3 is 0 Å². The normalized spacial score (nSPS) is 16.9. The van der Waals surface area contributed by atoms with Gasteiger partial charge in [0, 0.05) is 0 Å². The standard InChI is InChI=1S/C14H12N4O2/c1-2-7-20-11-5-3-10(4-6-11)12-8-13(19)17-14-15-9-16-18(12)14/h1,3-6,9,12H,7-8H2,(H,15,16,17,19)/t12-/m1/s1. The number of benzene rings is 1. The molecule has 0 aliphatic carbocycles. The lowest BCUT2D eigenvalue weighted by Crippen LogP contribution is -2.29. The van der Waals surface area contributed by atoms with Crippen LogP contribution in [0.3, 0.4) is 0 Å². The molecule has 0 saturated carbocycles. The van der Waals surface area contributed by atoms with Crippen LogP contribution in [0.5, 0.6) is 5.75 Å². The van der Waals surface area contributed by atoms with Gasteiger partial charge in [-0.2, -0.15) is 10.1 Å². The van der Waals surface area contributed by atoms with Crippen LogP contribution in [-0.2, 0) is 4.79 Å². The molecule has 6 nitrogen and oxygen atoms in total. The van der Waals surface area contributed by atoms with Crippen LogP contribution in [0.2, 0.25) is 0 Å². The van der Waals surface area contributed by atoms with E-state index in [1.54, 1.807) is 4.68 Å². The molecule has 1 aromatic carbocycles. The SMILES string of the molecule is C#CCOc1ccc([C@H]2CC(=O)Nc3ncnn32)cc1.